The van der Waals surface area contributed by atoms with E-state index in [9.17, 15) is 4.79 Å². The predicted molar refractivity (Wildman–Crippen MR) is 79.3 cm³/mol. The first-order valence-corrected chi connectivity index (χ1v) is 6.82. The van der Waals surface area contributed by atoms with E-state index in [2.05, 4.69) is 4.98 Å². The summed E-state index contributed by atoms with van der Waals surface area (Å²) >= 11 is 11.8. The van der Waals surface area contributed by atoms with E-state index in [1.165, 1.54) is 5.54 Å². The second-order valence-corrected chi connectivity index (χ2v) is 5.19. The molecule has 1 aliphatic heterocycles. The average molecular weight is 308 g/mol. The van der Waals surface area contributed by atoms with Crippen molar-refractivity contribution in [1.82, 2.24) is 14.5 Å². The highest BCUT2D eigenvalue weighted by Gasteiger charge is 2.27. The lowest BCUT2D eigenvalue weighted by Gasteiger charge is -2.14. The van der Waals surface area contributed by atoms with Crippen LogP contribution < -0.4 is 0 Å². The summed E-state index contributed by atoms with van der Waals surface area (Å²) in [7, 11) is 1.74. The van der Waals surface area contributed by atoms with Crippen LogP contribution in [0.1, 0.15) is 21.7 Å². The molecule has 0 spiro atoms. The normalized spacial score (nSPS) is 14.3. The Hall–Kier alpha value is -1.78. The molecule has 102 valence electrons. The third-order valence-electron chi connectivity index (χ3n) is 3.32. The van der Waals surface area contributed by atoms with E-state index >= 15 is 0 Å². The van der Waals surface area contributed by atoms with E-state index in [4.69, 9.17) is 23.2 Å². The molecule has 0 bridgehead atoms. The Kier molecular flexibility index (Phi) is 3.28. The van der Waals surface area contributed by atoms with Crippen molar-refractivity contribution in [3.63, 3.8) is 0 Å². The van der Waals surface area contributed by atoms with E-state index in [0.29, 0.717) is 17.1 Å². The van der Waals surface area contributed by atoms with Crippen molar-refractivity contribution in [2.75, 3.05) is 7.05 Å². The van der Waals surface area contributed by atoms with Gasteiger partial charge in [-0.05, 0) is 18.2 Å². The fourth-order valence-corrected chi connectivity index (χ4v) is 2.73. The van der Waals surface area contributed by atoms with Gasteiger partial charge in [-0.15, -0.1) is 0 Å². The van der Waals surface area contributed by atoms with E-state index in [0.717, 1.165) is 17.1 Å². The van der Waals surface area contributed by atoms with Crippen LogP contribution in [-0.2, 0) is 6.54 Å². The third-order valence-corrected chi connectivity index (χ3v) is 3.76. The molecule has 1 amide bonds. The number of rotatable bonds is 1. The van der Waals surface area contributed by atoms with Gasteiger partial charge in [0.05, 0.1) is 34.2 Å². The van der Waals surface area contributed by atoms with E-state index in [1.54, 1.807) is 30.4 Å². The lowest BCUT2D eigenvalue weighted by molar-refractivity contribution is 0.0788. The van der Waals surface area contributed by atoms with Crippen LogP contribution in [0, 0.1) is 0 Å². The Labute approximate surface area is 126 Å². The molecule has 0 N–H and O–H groups in total. The van der Waals surface area contributed by atoms with Crippen LogP contribution in [-0.4, -0.2) is 27.4 Å². The molecule has 0 saturated carbocycles. The largest absolute Gasteiger partial charge is 0.336 e. The zero-order chi connectivity index (χ0) is 14.3. The zero-order valence-corrected chi connectivity index (χ0v) is 12.2. The fourth-order valence-electron chi connectivity index (χ4n) is 2.36. The Bertz CT molecular complexity index is 721. The smallest absolute Gasteiger partial charge is 0.257 e. The van der Waals surface area contributed by atoms with Crippen LogP contribution in [0.5, 0.6) is 0 Å². The highest BCUT2D eigenvalue weighted by molar-refractivity contribution is 6.34. The van der Waals surface area contributed by atoms with Gasteiger partial charge in [0.15, 0.2) is 0 Å². The number of hydrogen-bond donors (Lipinski definition) is 0. The molecule has 1 aromatic carbocycles. The second kappa shape index (κ2) is 4.96. The topological polar surface area (TPSA) is 38.1 Å². The number of imidazole rings is 1. The van der Waals surface area contributed by atoms with Crippen molar-refractivity contribution < 1.29 is 4.79 Å². The summed E-state index contributed by atoms with van der Waals surface area (Å²) in [6.07, 6.45) is 3.39. The van der Waals surface area contributed by atoms with Gasteiger partial charge in [0.1, 0.15) is 6.33 Å². The second-order valence-electron chi connectivity index (χ2n) is 4.53. The van der Waals surface area contributed by atoms with E-state index in [-0.39, 0.29) is 5.91 Å². The monoisotopic (exact) mass is 307 g/mol. The molecular weight excluding hydrogens is 297 g/mol. The van der Waals surface area contributed by atoms with Crippen LogP contribution in [0.3, 0.4) is 0 Å². The van der Waals surface area contributed by atoms with Crippen molar-refractivity contribution in [3.05, 3.63) is 52.0 Å². The zero-order valence-electron chi connectivity index (χ0n) is 10.7. The summed E-state index contributed by atoms with van der Waals surface area (Å²) in [6.45, 7) is 0.445. The van der Waals surface area contributed by atoms with Gasteiger partial charge in [0.25, 0.3) is 5.91 Å². The molecule has 1 aromatic heterocycles. The number of carbonyl (C=O) groups is 1. The maximum atomic E-state index is 12.5. The molecule has 20 heavy (non-hydrogen) atoms. The molecule has 1 aliphatic rings. The maximum Gasteiger partial charge on any atom is 0.257 e. The molecule has 0 radical (unpaired) electrons. The molecule has 0 fully saturated rings. The van der Waals surface area contributed by atoms with Crippen LogP contribution in [0.4, 0.5) is 0 Å². The van der Waals surface area contributed by atoms with Crippen molar-refractivity contribution >= 4 is 35.2 Å². The van der Waals surface area contributed by atoms with Gasteiger partial charge in [-0.1, -0.05) is 29.3 Å². The quantitative estimate of drug-likeness (QED) is 0.810. The third kappa shape index (κ3) is 1.92. The molecule has 3 rings (SSSR count). The van der Waals surface area contributed by atoms with E-state index < -0.39 is 0 Å². The molecule has 2 aromatic rings. The molecule has 2 heterocycles. The van der Waals surface area contributed by atoms with Crippen molar-refractivity contribution in [2.45, 2.75) is 6.54 Å². The molecule has 0 saturated heterocycles. The fraction of sp³-hybridized carbons (Fsp3) is 0.143. The first-order chi connectivity index (χ1) is 9.63. The number of amides is 1. The van der Waals surface area contributed by atoms with Crippen molar-refractivity contribution in [1.29, 1.82) is 0 Å². The maximum absolute atomic E-state index is 12.5. The SMILES string of the molecule is CN1Cc2c(C=CCl)ncn2-c2cccc(Cl)c2C1=O. The summed E-state index contributed by atoms with van der Waals surface area (Å²) in [5.41, 5.74) is 4.29. The first kappa shape index (κ1) is 13.2. The van der Waals surface area contributed by atoms with Gasteiger partial charge in [0, 0.05) is 12.6 Å². The summed E-state index contributed by atoms with van der Waals surface area (Å²) in [5.74, 6) is -0.102. The first-order valence-electron chi connectivity index (χ1n) is 6.01. The number of benzene rings is 1. The summed E-state index contributed by atoms with van der Waals surface area (Å²) in [6, 6.07) is 5.39. The van der Waals surface area contributed by atoms with Crippen LogP contribution in [0.2, 0.25) is 5.02 Å². The van der Waals surface area contributed by atoms with Crippen LogP contribution in [0.15, 0.2) is 30.1 Å². The number of carbonyl (C=O) groups excluding carboxylic acids is 1. The van der Waals surface area contributed by atoms with Crippen molar-refractivity contribution in [2.24, 2.45) is 0 Å². The summed E-state index contributed by atoms with van der Waals surface area (Å²) in [4.78, 5) is 18.4. The molecule has 0 unspecified atom stereocenters. The van der Waals surface area contributed by atoms with Gasteiger partial charge in [0.2, 0.25) is 0 Å². The van der Waals surface area contributed by atoms with Gasteiger partial charge in [-0.2, -0.15) is 0 Å². The lowest BCUT2D eigenvalue weighted by Crippen LogP contribution is -2.25. The summed E-state index contributed by atoms with van der Waals surface area (Å²) in [5, 5.41) is 0.440. The van der Waals surface area contributed by atoms with Crippen molar-refractivity contribution in [3.8, 4) is 5.69 Å². The number of halogens is 2. The minimum Gasteiger partial charge on any atom is -0.336 e. The van der Waals surface area contributed by atoms with Gasteiger partial charge < -0.3 is 4.90 Å². The minimum absolute atomic E-state index is 0.102. The number of aromatic nitrogens is 2. The molecular formula is C14H11Cl2N3O. The predicted octanol–water partition coefficient (Wildman–Crippen LogP) is 3.32. The van der Waals surface area contributed by atoms with Gasteiger partial charge >= 0.3 is 0 Å². The van der Waals surface area contributed by atoms with Gasteiger partial charge in [-0.3, -0.25) is 9.36 Å². The molecule has 4 nitrogen and oxygen atoms in total. The van der Waals surface area contributed by atoms with E-state index in [1.807, 2.05) is 16.7 Å². The number of fused-ring (bicyclic) bond motifs is 3. The molecule has 0 aliphatic carbocycles. The minimum atomic E-state index is -0.102. The highest BCUT2D eigenvalue weighted by atomic mass is 35.5. The Morgan fingerprint density at radius 2 is 2.20 bits per heavy atom. The molecule has 6 heteroatoms. The average Bonchev–Trinajstić information content (AvgIpc) is 2.76. The van der Waals surface area contributed by atoms with Crippen LogP contribution in [0.25, 0.3) is 11.8 Å². The number of hydrogen-bond acceptors (Lipinski definition) is 2. The summed E-state index contributed by atoms with van der Waals surface area (Å²) < 4.78 is 1.88. The Morgan fingerprint density at radius 3 is 2.95 bits per heavy atom. The highest BCUT2D eigenvalue weighted by Crippen LogP contribution is 2.30. The molecule has 0 atom stereocenters. The Balaban J connectivity index is 2.32. The Morgan fingerprint density at radius 1 is 1.40 bits per heavy atom. The van der Waals surface area contributed by atoms with Crippen LogP contribution >= 0.6 is 23.2 Å². The number of nitrogens with zero attached hydrogens (tertiary/aromatic N) is 3. The standard InChI is InChI=1S/C14H11Cl2N3O/c1-18-7-12-10(5-6-15)17-8-19(12)11-4-2-3-9(16)13(11)14(18)20/h2-6,8H,7H2,1H3. The lowest BCUT2D eigenvalue weighted by atomic mass is 10.1. The van der Waals surface area contributed by atoms with Gasteiger partial charge in [-0.25, -0.2) is 4.98 Å².